The van der Waals surface area contributed by atoms with E-state index in [0.717, 1.165) is 33.9 Å². The Morgan fingerprint density at radius 1 is 1.16 bits per heavy atom. The molecule has 0 N–H and O–H groups in total. The molecule has 126 valence electrons. The zero-order valence-corrected chi connectivity index (χ0v) is 15.1. The van der Waals surface area contributed by atoms with Crippen LogP contribution in [0.15, 0.2) is 53.6 Å². The van der Waals surface area contributed by atoms with Crippen molar-refractivity contribution in [2.75, 3.05) is 10.7 Å². The van der Waals surface area contributed by atoms with E-state index in [0.29, 0.717) is 5.75 Å². The fraction of sp³-hybridized carbons (Fsp3) is 0.250. The summed E-state index contributed by atoms with van der Waals surface area (Å²) in [4.78, 5) is 23.8. The van der Waals surface area contributed by atoms with Crippen LogP contribution in [0.2, 0.25) is 0 Å². The van der Waals surface area contributed by atoms with Crippen molar-refractivity contribution in [1.29, 1.82) is 0 Å². The van der Waals surface area contributed by atoms with Crippen LogP contribution in [0.3, 0.4) is 0 Å². The molecule has 1 aliphatic heterocycles. The fourth-order valence-electron chi connectivity index (χ4n) is 3.41. The molecular formula is C20H19N3OS. The van der Waals surface area contributed by atoms with Crippen molar-refractivity contribution < 1.29 is 4.79 Å². The third-order valence-electron chi connectivity index (χ3n) is 4.49. The first kappa shape index (κ1) is 16.1. The molecule has 2 aromatic carbocycles. The molecule has 4 nitrogen and oxygen atoms in total. The van der Waals surface area contributed by atoms with Gasteiger partial charge in [0.05, 0.1) is 11.3 Å². The number of anilines is 1. The topological polar surface area (TPSA) is 46.1 Å². The van der Waals surface area contributed by atoms with Crippen LogP contribution in [0, 0.1) is 6.92 Å². The predicted octanol–water partition coefficient (Wildman–Crippen LogP) is 4.01. The second kappa shape index (κ2) is 6.48. The highest BCUT2D eigenvalue weighted by molar-refractivity contribution is 8.00. The maximum atomic E-state index is 12.9. The van der Waals surface area contributed by atoms with Gasteiger partial charge in [0, 0.05) is 17.1 Å². The first-order valence-corrected chi connectivity index (χ1v) is 9.38. The number of benzene rings is 2. The number of aromatic nitrogens is 2. The van der Waals surface area contributed by atoms with E-state index in [2.05, 4.69) is 23.0 Å². The molecule has 0 bridgehead atoms. The van der Waals surface area contributed by atoms with Gasteiger partial charge in [-0.15, -0.1) is 0 Å². The molecule has 0 radical (unpaired) electrons. The minimum Gasteiger partial charge on any atom is -0.308 e. The number of carbonyl (C=O) groups excluding carboxylic acids is 1. The van der Waals surface area contributed by atoms with Gasteiger partial charge in [0.2, 0.25) is 5.91 Å². The Balaban J connectivity index is 1.57. The number of aryl methyl sites for hydroxylation is 1. The number of thioether (sulfide) groups is 1. The Morgan fingerprint density at radius 3 is 2.80 bits per heavy atom. The third-order valence-corrected chi connectivity index (χ3v) is 5.46. The van der Waals surface area contributed by atoms with Gasteiger partial charge in [-0.25, -0.2) is 9.97 Å². The number of carbonyl (C=O) groups is 1. The van der Waals surface area contributed by atoms with Gasteiger partial charge in [0.1, 0.15) is 10.9 Å². The summed E-state index contributed by atoms with van der Waals surface area (Å²) in [6.45, 7) is 3.99. The Hall–Kier alpha value is -2.40. The van der Waals surface area contributed by atoms with Crippen molar-refractivity contribution in [3.8, 4) is 0 Å². The van der Waals surface area contributed by atoms with Gasteiger partial charge >= 0.3 is 0 Å². The number of para-hydroxylation sites is 2. The standard InChI is InChI=1S/C20H19N3OS/c1-13-11-15-7-3-6-10-18(15)23(13)19(24)12-25-20-16-8-4-5-9-17(16)21-14(2)22-20/h3-10,13H,11-12H2,1-2H3. The lowest BCUT2D eigenvalue weighted by Crippen LogP contribution is -2.37. The maximum absolute atomic E-state index is 12.9. The van der Waals surface area contributed by atoms with Crippen LogP contribution in [-0.2, 0) is 11.2 Å². The lowest BCUT2D eigenvalue weighted by atomic mass is 10.1. The van der Waals surface area contributed by atoms with Crippen molar-refractivity contribution in [3.05, 3.63) is 59.9 Å². The molecule has 3 aromatic rings. The number of hydrogen-bond donors (Lipinski definition) is 0. The number of nitrogens with zero attached hydrogens (tertiary/aromatic N) is 3. The Bertz CT molecular complexity index is 957. The highest BCUT2D eigenvalue weighted by Gasteiger charge is 2.30. The van der Waals surface area contributed by atoms with Gasteiger partial charge in [-0.2, -0.15) is 0 Å². The number of fused-ring (bicyclic) bond motifs is 2. The highest BCUT2D eigenvalue weighted by Crippen LogP contribution is 2.33. The molecule has 5 heteroatoms. The first-order valence-electron chi connectivity index (χ1n) is 8.39. The average molecular weight is 349 g/mol. The summed E-state index contributed by atoms with van der Waals surface area (Å²) < 4.78 is 0. The zero-order valence-electron chi connectivity index (χ0n) is 14.3. The molecule has 0 spiro atoms. The van der Waals surface area contributed by atoms with Crippen molar-refractivity contribution in [2.24, 2.45) is 0 Å². The van der Waals surface area contributed by atoms with Crippen LogP contribution in [-0.4, -0.2) is 27.7 Å². The second-order valence-corrected chi connectivity index (χ2v) is 7.29. The number of hydrogen-bond acceptors (Lipinski definition) is 4. The maximum Gasteiger partial charge on any atom is 0.237 e. The van der Waals surface area contributed by atoms with Crippen LogP contribution in [0.5, 0.6) is 0 Å². The molecule has 1 unspecified atom stereocenters. The van der Waals surface area contributed by atoms with Gasteiger partial charge in [0.25, 0.3) is 0 Å². The van der Waals surface area contributed by atoms with Gasteiger partial charge in [-0.05, 0) is 38.0 Å². The van der Waals surface area contributed by atoms with Gasteiger partial charge < -0.3 is 4.90 Å². The first-order chi connectivity index (χ1) is 12.1. The summed E-state index contributed by atoms with van der Waals surface area (Å²) in [5, 5.41) is 1.87. The summed E-state index contributed by atoms with van der Waals surface area (Å²) in [6, 6.07) is 16.3. The Morgan fingerprint density at radius 2 is 1.92 bits per heavy atom. The summed E-state index contributed by atoms with van der Waals surface area (Å²) in [6.07, 6.45) is 0.919. The largest absolute Gasteiger partial charge is 0.308 e. The normalized spacial score (nSPS) is 16.2. The predicted molar refractivity (Wildman–Crippen MR) is 102 cm³/mol. The van der Waals surface area contributed by atoms with E-state index in [1.54, 1.807) is 0 Å². The average Bonchev–Trinajstić information content (AvgIpc) is 2.95. The van der Waals surface area contributed by atoms with Gasteiger partial charge in [0.15, 0.2) is 0 Å². The van der Waals surface area contributed by atoms with Gasteiger partial charge in [-0.3, -0.25) is 4.79 Å². The molecule has 0 aliphatic carbocycles. The van der Waals surface area contributed by atoms with Crippen molar-refractivity contribution in [1.82, 2.24) is 9.97 Å². The van der Waals surface area contributed by atoms with E-state index in [1.165, 1.54) is 17.3 Å². The Labute approximate surface area is 151 Å². The zero-order chi connectivity index (χ0) is 17.4. The fourth-order valence-corrected chi connectivity index (χ4v) is 4.34. The van der Waals surface area contributed by atoms with E-state index in [9.17, 15) is 4.79 Å². The monoisotopic (exact) mass is 349 g/mol. The Kier molecular flexibility index (Phi) is 4.17. The minimum absolute atomic E-state index is 0.128. The molecule has 4 rings (SSSR count). The third kappa shape index (κ3) is 3.00. The van der Waals surface area contributed by atoms with Gasteiger partial charge in [-0.1, -0.05) is 48.2 Å². The van der Waals surface area contributed by atoms with Crippen LogP contribution < -0.4 is 4.90 Å². The van der Waals surface area contributed by atoms with E-state index >= 15 is 0 Å². The van der Waals surface area contributed by atoms with Crippen LogP contribution in [0.25, 0.3) is 10.9 Å². The summed E-state index contributed by atoms with van der Waals surface area (Å²) in [5.41, 5.74) is 3.21. The van der Waals surface area contributed by atoms with E-state index in [1.807, 2.05) is 54.3 Å². The summed E-state index contributed by atoms with van der Waals surface area (Å²) in [5.74, 6) is 1.23. The number of rotatable bonds is 3. The second-order valence-electron chi connectivity index (χ2n) is 6.33. The molecule has 1 aliphatic rings. The summed E-state index contributed by atoms with van der Waals surface area (Å²) >= 11 is 1.49. The van der Waals surface area contributed by atoms with Crippen LogP contribution >= 0.6 is 11.8 Å². The molecule has 0 saturated carbocycles. The van der Waals surface area contributed by atoms with Crippen molar-refractivity contribution in [2.45, 2.75) is 31.3 Å². The van der Waals surface area contributed by atoms with E-state index in [4.69, 9.17) is 0 Å². The molecule has 0 saturated heterocycles. The lowest BCUT2D eigenvalue weighted by molar-refractivity contribution is -0.116. The molecule has 1 amide bonds. The minimum atomic E-state index is 0.128. The molecule has 1 aromatic heterocycles. The lowest BCUT2D eigenvalue weighted by Gasteiger charge is -2.22. The highest BCUT2D eigenvalue weighted by atomic mass is 32.2. The van der Waals surface area contributed by atoms with E-state index < -0.39 is 0 Å². The molecule has 2 heterocycles. The van der Waals surface area contributed by atoms with Crippen LogP contribution in [0.4, 0.5) is 5.69 Å². The van der Waals surface area contributed by atoms with Crippen molar-refractivity contribution >= 4 is 34.3 Å². The molecule has 25 heavy (non-hydrogen) atoms. The van der Waals surface area contributed by atoms with E-state index in [-0.39, 0.29) is 11.9 Å². The van der Waals surface area contributed by atoms with Crippen LogP contribution in [0.1, 0.15) is 18.3 Å². The molecular weight excluding hydrogens is 330 g/mol. The SMILES string of the molecule is Cc1nc(SCC(=O)N2c3ccccc3CC2C)c2ccccc2n1. The molecule has 1 atom stereocenters. The van der Waals surface area contributed by atoms with Crippen molar-refractivity contribution in [3.63, 3.8) is 0 Å². The number of amides is 1. The smallest absolute Gasteiger partial charge is 0.237 e. The molecule has 0 fully saturated rings. The summed E-state index contributed by atoms with van der Waals surface area (Å²) in [7, 11) is 0. The quantitative estimate of drug-likeness (QED) is 0.529.